The summed E-state index contributed by atoms with van der Waals surface area (Å²) in [4.78, 5) is 36.2. The monoisotopic (exact) mass is 422 g/mol. The Morgan fingerprint density at radius 3 is 2.60 bits per heavy atom. The van der Waals surface area contributed by atoms with Crippen LogP contribution in [-0.4, -0.2) is 51.4 Å². The Morgan fingerprint density at radius 2 is 1.93 bits per heavy atom. The van der Waals surface area contributed by atoms with Crippen LogP contribution in [0.25, 0.3) is 11.1 Å². The molecule has 0 N–H and O–H groups in total. The van der Waals surface area contributed by atoms with Crippen molar-refractivity contribution in [1.29, 1.82) is 0 Å². The number of aryl methyl sites for hydroxylation is 2. The lowest BCUT2D eigenvalue weighted by Crippen LogP contribution is -2.39. The molecule has 0 bridgehead atoms. The van der Waals surface area contributed by atoms with Gasteiger partial charge in [-0.15, -0.1) is 11.3 Å². The number of amides is 1. The summed E-state index contributed by atoms with van der Waals surface area (Å²) in [6.07, 6.45) is 8.34. The van der Waals surface area contributed by atoms with Gasteiger partial charge in [0, 0.05) is 44.8 Å². The zero-order chi connectivity index (χ0) is 21.3. The number of likely N-dealkylation sites (tertiary alicyclic amines) is 1. The maximum Gasteiger partial charge on any atom is 0.266 e. The minimum absolute atomic E-state index is 0.0495. The van der Waals surface area contributed by atoms with E-state index in [4.69, 9.17) is 4.98 Å². The molecular formula is C22H26N6OS. The Balaban J connectivity index is 1.80. The third-order valence-corrected chi connectivity index (χ3v) is 6.43. The second-order valence-corrected chi connectivity index (χ2v) is 8.96. The summed E-state index contributed by atoms with van der Waals surface area (Å²) in [6.45, 7) is 4.57. The van der Waals surface area contributed by atoms with Crippen LogP contribution in [0.15, 0.2) is 30.7 Å². The number of piperidine rings is 1. The van der Waals surface area contributed by atoms with Crippen LogP contribution < -0.4 is 4.90 Å². The molecule has 0 spiro atoms. The summed E-state index contributed by atoms with van der Waals surface area (Å²) >= 11 is 1.47. The first-order valence-electron chi connectivity index (χ1n) is 10.2. The van der Waals surface area contributed by atoms with Crippen LogP contribution in [0, 0.1) is 13.8 Å². The number of anilines is 1. The van der Waals surface area contributed by atoms with Gasteiger partial charge in [-0.3, -0.25) is 9.78 Å². The summed E-state index contributed by atoms with van der Waals surface area (Å²) < 4.78 is 0. The number of carbonyl (C=O) groups is 1. The lowest BCUT2D eigenvalue weighted by atomic mass is 9.94. The normalized spacial score (nSPS) is 16.5. The van der Waals surface area contributed by atoms with Crippen molar-refractivity contribution in [3.63, 3.8) is 0 Å². The highest BCUT2D eigenvalue weighted by molar-refractivity contribution is 7.13. The Hall–Kier alpha value is -2.87. The number of carbonyl (C=O) groups excluding carboxylic acids is 1. The number of aromatic nitrogens is 4. The zero-order valence-corrected chi connectivity index (χ0v) is 18.6. The van der Waals surface area contributed by atoms with Gasteiger partial charge in [-0.2, -0.15) is 0 Å². The Bertz CT molecular complexity index is 1050. The van der Waals surface area contributed by atoms with Crippen LogP contribution in [0.5, 0.6) is 0 Å². The highest BCUT2D eigenvalue weighted by atomic mass is 32.1. The Morgan fingerprint density at radius 1 is 1.17 bits per heavy atom. The number of hydrogen-bond acceptors (Lipinski definition) is 7. The molecule has 0 aliphatic carbocycles. The molecule has 4 rings (SSSR count). The van der Waals surface area contributed by atoms with Crippen LogP contribution in [0.4, 0.5) is 5.95 Å². The third-order valence-electron chi connectivity index (χ3n) is 5.37. The van der Waals surface area contributed by atoms with Gasteiger partial charge in [-0.05, 0) is 50.8 Å². The van der Waals surface area contributed by atoms with Gasteiger partial charge in [0.1, 0.15) is 4.88 Å². The first-order chi connectivity index (χ1) is 14.5. The molecule has 1 aliphatic heterocycles. The van der Waals surface area contributed by atoms with Crippen molar-refractivity contribution in [2.75, 3.05) is 25.5 Å². The molecule has 0 unspecified atom stereocenters. The Labute approximate surface area is 180 Å². The van der Waals surface area contributed by atoms with Crippen molar-refractivity contribution < 1.29 is 4.79 Å². The molecule has 1 aliphatic rings. The van der Waals surface area contributed by atoms with E-state index in [1.165, 1.54) is 11.3 Å². The SMILES string of the molecule is Cc1nc(C)c(C(=O)N2CCCC[C@@H]2c2nc(N(C)C)ncc2-c2ccncc2)s1. The van der Waals surface area contributed by atoms with Gasteiger partial charge in [0.2, 0.25) is 5.95 Å². The summed E-state index contributed by atoms with van der Waals surface area (Å²) in [5, 5.41) is 0.916. The molecule has 0 radical (unpaired) electrons. The molecule has 7 nitrogen and oxygen atoms in total. The highest BCUT2D eigenvalue weighted by Gasteiger charge is 2.33. The molecule has 1 amide bonds. The van der Waals surface area contributed by atoms with E-state index in [1.807, 2.05) is 56.1 Å². The lowest BCUT2D eigenvalue weighted by Gasteiger charge is -2.36. The van der Waals surface area contributed by atoms with E-state index in [-0.39, 0.29) is 11.9 Å². The molecule has 156 valence electrons. The third kappa shape index (κ3) is 3.92. The molecule has 0 aromatic carbocycles. The summed E-state index contributed by atoms with van der Waals surface area (Å²) in [6, 6.07) is 3.82. The average molecular weight is 423 g/mol. The van der Waals surface area contributed by atoms with E-state index < -0.39 is 0 Å². The van der Waals surface area contributed by atoms with Crippen LogP contribution in [-0.2, 0) is 0 Å². The molecule has 4 heterocycles. The van der Waals surface area contributed by atoms with Gasteiger partial charge in [0.05, 0.1) is 22.4 Å². The number of pyridine rings is 1. The first-order valence-corrected chi connectivity index (χ1v) is 11.0. The van der Waals surface area contributed by atoms with Crippen LogP contribution in [0.2, 0.25) is 0 Å². The van der Waals surface area contributed by atoms with Crippen LogP contribution >= 0.6 is 11.3 Å². The van der Waals surface area contributed by atoms with Crippen LogP contribution in [0.3, 0.4) is 0 Å². The van der Waals surface area contributed by atoms with E-state index in [9.17, 15) is 4.79 Å². The van der Waals surface area contributed by atoms with E-state index in [2.05, 4.69) is 15.0 Å². The first kappa shape index (κ1) is 20.4. The summed E-state index contributed by atoms with van der Waals surface area (Å²) in [5.74, 6) is 0.694. The maximum absolute atomic E-state index is 13.5. The van der Waals surface area contributed by atoms with Crippen LogP contribution in [0.1, 0.15) is 51.4 Å². The fourth-order valence-electron chi connectivity index (χ4n) is 3.93. The second kappa shape index (κ2) is 8.47. The molecule has 3 aromatic heterocycles. The molecule has 1 fully saturated rings. The number of nitrogens with zero attached hydrogens (tertiary/aromatic N) is 6. The van der Waals surface area contributed by atoms with E-state index >= 15 is 0 Å². The van der Waals surface area contributed by atoms with E-state index in [0.717, 1.165) is 58.2 Å². The van der Waals surface area contributed by atoms with Crippen molar-refractivity contribution in [3.8, 4) is 11.1 Å². The lowest BCUT2D eigenvalue weighted by molar-refractivity contribution is 0.0611. The molecule has 1 saturated heterocycles. The molecule has 1 atom stereocenters. The van der Waals surface area contributed by atoms with Crippen molar-refractivity contribution in [3.05, 3.63) is 52.0 Å². The molecule has 8 heteroatoms. The number of hydrogen-bond donors (Lipinski definition) is 0. The van der Waals surface area contributed by atoms with E-state index in [0.29, 0.717) is 5.95 Å². The van der Waals surface area contributed by atoms with Crippen molar-refractivity contribution in [2.45, 2.75) is 39.2 Å². The van der Waals surface area contributed by atoms with Gasteiger partial charge in [0.25, 0.3) is 5.91 Å². The van der Waals surface area contributed by atoms with Gasteiger partial charge in [-0.25, -0.2) is 15.0 Å². The fourth-order valence-corrected chi connectivity index (χ4v) is 4.80. The smallest absolute Gasteiger partial charge is 0.266 e. The maximum atomic E-state index is 13.5. The fraction of sp³-hybridized carbons (Fsp3) is 0.409. The second-order valence-electron chi connectivity index (χ2n) is 7.76. The predicted octanol–water partition coefficient (Wildman–Crippen LogP) is 4.05. The topological polar surface area (TPSA) is 75.1 Å². The Kier molecular flexibility index (Phi) is 5.76. The summed E-state index contributed by atoms with van der Waals surface area (Å²) in [5.41, 5.74) is 3.66. The highest BCUT2D eigenvalue weighted by Crippen LogP contribution is 2.37. The minimum atomic E-state index is -0.0991. The van der Waals surface area contributed by atoms with Crippen molar-refractivity contribution >= 4 is 23.2 Å². The molecule has 0 saturated carbocycles. The van der Waals surface area contributed by atoms with Gasteiger partial charge in [-0.1, -0.05) is 0 Å². The zero-order valence-electron chi connectivity index (χ0n) is 17.8. The summed E-state index contributed by atoms with van der Waals surface area (Å²) in [7, 11) is 3.86. The number of thiazole rings is 1. The van der Waals surface area contributed by atoms with Gasteiger partial charge < -0.3 is 9.80 Å². The predicted molar refractivity (Wildman–Crippen MR) is 119 cm³/mol. The van der Waals surface area contributed by atoms with Gasteiger partial charge in [0.15, 0.2) is 0 Å². The standard InChI is InChI=1S/C22H26N6OS/c1-14-20(30-15(2)25-14)21(29)28-12-6-5-7-18(28)19-17(16-8-10-23-11-9-16)13-24-22(26-19)27(3)4/h8-11,13,18H,5-7,12H2,1-4H3/t18-/m1/s1. The molecular weight excluding hydrogens is 396 g/mol. The van der Waals surface area contributed by atoms with E-state index in [1.54, 1.807) is 12.4 Å². The molecule has 3 aromatic rings. The van der Waals surface area contributed by atoms with Crippen molar-refractivity contribution in [1.82, 2.24) is 24.8 Å². The quantitative estimate of drug-likeness (QED) is 0.632. The van der Waals surface area contributed by atoms with Crippen molar-refractivity contribution in [2.24, 2.45) is 0 Å². The van der Waals surface area contributed by atoms with Gasteiger partial charge >= 0.3 is 0 Å². The minimum Gasteiger partial charge on any atom is -0.347 e. The number of rotatable bonds is 4. The molecule has 30 heavy (non-hydrogen) atoms. The largest absolute Gasteiger partial charge is 0.347 e. The average Bonchev–Trinajstić information content (AvgIpc) is 3.11.